The molecule has 0 radical (unpaired) electrons. The summed E-state index contributed by atoms with van der Waals surface area (Å²) in [6.07, 6.45) is 1.73. The van der Waals surface area contributed by atoms with Crippen molar-refractivity contribution in [2.45, 2.75) is 33.6 Å². The molecule has 1 heterocycles. The largest absolute Gasteiger partial charge is 0.261 e. The van der Waals surface area contributed by atoms with Crippen LogP contribution < -0.4 is 0 Å². The van der Waals surface area contributed by atoms with Gasteiger partial charge in [0.1, 0.15) is 0 Å². The second-order valence-corrected chi connectivity index (χ2v) is 2.99. The molecule has 0 amide bonds. The Kier molecular flexibility index (Phi) is 5.73. The van der Waals surface area contributed by atoms with Crippen LogP contribution in [0.3, 0.4) is 0 Å². The molecule has 0 unspecified atom stereocenters. The molecule has 1 nitrogen and oxygen atoms in total. The van der Waals surface area contributed by atoms with Crippen molar-refractivity contribution in [2.75, 3.05) is 0 Å². The predicted molar refractivity (Wildman–Crippen MR) is 54.7 cm³/mol. The minimum atomic E-state index is 0.457. The van der Waals surface area contributed by atoms with E-state index in [4.69, 9.17) is 11.6 Å². The molecule has 0 N–H and O–H groups in total. The van der Waals surface area contributed by atoms with Gasteiger partial charge in [0.25, 0.3) is 0 Å². The summed E-state index contributed by atoms with van der Waals surface area (Å²) in [5.74, 6) is 0.457. The monoisotopic (exact) mass is 185 g/mol. The molecule has 0 aromatic carbocycles. The van der Waals surface area contributed by atoms with Gasteiger partial charge in [0.15, 0.2) is 0 Å². The first kappa shape index (κ1) is 11.4. The van der Waals surface area contributed by atoms with E-state index in [1.54, 1.807) is 12.3 Å². The van der Waals surface area contributed by atoms with Crippen LogP contribution in [0, 0.1) is 0 Å². The summed E-state index contributed by atoms with van der Waals surface area (Å²) in [5, 5.41) is 0.763. The molecule has 1 rings (SSSR count). The van der Waals surface area contributed by atoms with Crippen molar-refractivity contribution in [1.82, 2.24) is 4.98 Å². The highest BCUT2D eigenvalue weighted by molar-refractivity contribution is 6.30. The molecule has 0 saturated carbocycles. The number of nitrogens with zero attached hydrogens (tertiary/aromatic N) is 1. The number of pyridine rings is 1. The van der Waals surface area contributed by atoms with Crippen LogP contribution in [0.15, 0.2) is 18.3 Å². The zero-order valence-electron chi connectivity index (χ0n) is 8.13. The van der Waals surface area contributed by atoms with E-state index in [0.717, 1.165) is 10.7 Å². The Morgan fingerprint density at radius 1 is 1.33 bits per heavy atom. The van der Waals surface area contributed by atoms with Gasteiger partial charge in [-0.2, -0.15) is 0 Å². The van der Waals surface area contributed by atoms with Gasteiger partial charge < -0.3 is 0 Å². The molecule has 0 aliphatic heterocycles. The van der Waals surface area contributed by atoms with Crippen LogP contribution in [0.2, 0.25) is 5.02 Å². The van der Waals surface area contributed by atoms with Gasteiger partial charge in [-0.3, -0.25) is 4.98 Å². The lowest BCUT2D eigenvalue weighted by molar-refractivity contribution is 0.823. The molecular formula is C10H16ClN. The molecule has 0 fully saturated rings. The maximum atomic E-state index is 5.75. The normalized spacial score (nSPS) is 9.17. The van der Waals surface area contributed by atoms with Gasteiger partial charge in [-0.05, 0) is 18.1 Å². The number of halogens is 1. The number of rotatable bonds is 1. The van der Waals surface area contributed by atoms with E-state index in [1.165, 1.54) is 0 Å². The van der Waals surface area contributed by atoms with Crippen molar-refractivity contribution < 1.29 is 0 Å². The smallest absolute Gasteiger partial charge is 0.0443 e. The van der Waals surface area contributed by atoms with Crippen molar-refractivity contribution in [3.63, 3.8) is 0 Å². The summed E-state index contributed by atoms with van der Waals surface area (Å²) in [4.78, 5) is 4.15. The second kappa shape index (κ2) is 6.01. The average molecular weight is 186 g/mol. The fraction of sp³-hybridized carbons (Fsp3) is 0.500. The van der Waals surface area contributed by atoms with Gasteiger partial charge in [0.05, 0.1) is 0 Å². The first-order valence-corrected chi connectivity index (χ1v) is 4.69. The standard InChI is InChI=1S/C8H10ClN.C2H6/c1-6(2)8-5-7(9)3-4-10-8;1-2/h3-6H,1-2H3;1-2H3. The predicted octanol–water partition coefficient (Wildman–Crippen LogP) is 3.88. The van der Waals surface area contributed by atoms with Crippen molar-refractivity contribution in [2.24, 2.45) is 0 Å². The van der Waals surface area contributed by atoms with Crippen molar-refractivity contribution >= 4 is 11.6 Å². The third kappa shape index (κ3) is 3.72. The van der Waals surface area contributed by atoms with Crippen LogP contribution in [0.1, 0.15) is 39.3 Å². The molecule has 0 spiro atoms. The van der Waals surface area contributed by atoms with Crippen molar-refractivity contribution in [1.29, 1.82) is 0 Å². The van der Waals surface area contributed by atoms with Gasteiger partial charge in [-0.15, -0.1) is 0 Å². The SMILES string of the molecule is CC.CC(C)c1cc(Cl)ccn1. The topological polar surface area (TPSA) is 12.9 Å². The second-order valence-electron chi connectivity index (χ2n) is 2.55. The highest BCUT2D eigenvalue weighted by Crippen LogP contribution is 2.15. The first-order valence-electron chi connectivity index (χ1n) is 4.31. The van der Waals surface area contributed by atoms with Gasteiger partial charge in [0.2, 0.25) is 0 Å². The average Bonchev–Trinajstić information content (AvgIpc) is 2.08. The number of hydrogen-bond acceptors (Lipinski definition) is 1. The van der Waals surface area contributed by atoms with E-state index in [0.29, 0.717) is 5.92 Å². The summed E-state index contributed by atoms with van der Waals surface area (Å²) in [6, 6.07) is 3.68. The fourth-order valence-corrected chi connectivity index (χ4v) is 0.905. The van der Waals surface area contributed by atoms with Crippen LogP contribution in [-0.2, 0) is 0 Å². The van der Waals surface area contributed by atoms with Crippen LogP contribution in [0.25, 0.3) is 0 Å². The summed E-state index contributed by atoms with van der Waals surface area (Å²) >= 11 is 5.75. The Labute approximate surface area is 79.8 Å². The first-order chi connectivity index (χ1) is 5.70. The van der Waals surface area contributed by atoms with E-state index < -0.39 is 0 Å². The fourth-order valence-electron chi connectivity index (χ4n) is 0.737. The lowest BCUT2D eigenvalue weighted by atomic mass is 10.1. The molecule has 0 bridgehead atoms. The highest BCUT2D eigenvalue weighted by atomic mass is 35.5. The quantitative estimate of drug-likeness (QED) is 0.647. The highest BCUT2D eigenvalue weighted by Gasteiger charge is 1.98. The Bertz CT molecular complexity index is 221. The van der Waals surface area contributed by atoms with Crippen molar-refractivity contribution in [3.05, 3.63) is 29.0 Å². The third-order valence-corrected chi connectivity index (χ3v) is 1.57. The summed E-state index contributed by atoms with van der Waals surface area (Å²) in [6.45, 7) is 8.19. The molecule has 0 aliphatic carbocycles. The van der Waals surface area contributed by atoms with Crippen LogP contribution in [0.5, 0.6) is 0 Å². The zero-order valence-corrected chi connectivity index (χ0v) is 8.89. The molecule has 12 heavy (non-hydrogen) atoms. The van der Waals surface area contributed by atoms with E-state index in [2.05, 4.69) is 18.8 Å². The molecular weight excluding hydrogens is 170 g/mol. The van der Waals surface area contributed by atoms with E-state index >= 15 is 0 Å². The number of hydrogen-bond donors (Lipinski definition) is 0. The summed E-state index contributed by atoms with van der Waals surface area (Å²) < 4.78 is 0. The maximum Gasteiger partial charge on any atom is 0.0443 e. The Morgan fingerprint density at radius 3 is 2.25 bits per heavy atom. The summed E-state index contributed by atoms with van der Waals surface area (Å²) in [5.41, 5.74) is 1.05. The molecule has 2 heteroatoms. The van der Waals surface area contributed by atoms with E-state index in [9.17, 15) is 0 Å². The van der Waals surface area contributed by atoms with Crippen molar-refractivity contribution in [3.8, 4) is 0 Å². The zero-order chi connectivity index (χ0) is 9.56. The van der Waals surface area contributed by atoms with E-state index in [1.807, 2.05) is 19.9 Å². The molecule has 0 aliphatic rings. The molecule has 1 aromatic rings. The lowest BCUT2D eigenvalue weighted by Gasteiger charge is -2.02. The Morgan fingerprint density at radius 2 is 1.92 bits per heavy atom. The van der Waals surface area contributed by atoms with Crippen LogP contribution in [-0.4, -0.2) is 4.98 Å². The van der Waals surface area contributed by atoms with Gasteiger partial charge >= 0.3 is 0 Å². The molecule has 1 aromatic heterocycles. The lowest BCUT2D eigenvalue weighted by Crippen LogP contribution is -1.90. The van der Waals surface area contributed by atoms with Crippen LogP contribution >= 0.6 is 11.6 Å². The third-order valence-electron chi connectivity index (χ3n) is 1.33. The van der Waals surface area contributed by atoms with Gasteiger partial charge in [0, 0.05) is 16.9 Å². The van der Waals surface area contributed by atoms with Gasteiger partial charge in [-0.25, -0.2) is 0 Å². The minimum Gasteiger partial charge on any atom is -0.261 e. The molecule has 0 saturated heterocycles. The summed E-state index contributed by atoms with van der Waals surface area (Å²) in [7, 11) is 0. The Hall–Kier alpha value is -0.560. The van der Waals surface area contributed by atoms with Crippen LogP contribution in [0.4, 0.5) is 0 Å². The number of aromatic nitrogens is 1. The molecule has 0 atom stereocenters. The maximum absolute atomic E-state index is 5.75. The molecule has 68 valence electrons. The van der Waals surface area contributed by atoms with Gasteiger partial charge in [-0.1, -0.05) is 39.3 Å². The van der Waals surface area contributed by atoms with E-state index in [-0.39, 0.29) is 0 Å². The minimum absolute atomic E-state index is 0.457. The Balaban J connectivity index is 0.000000561.